The van der Waals surface area contributed by atoms with Crippen LogP contribution in [-0.4, -0.2) is 60.9 Å². The van der Waals surface area contributed by atoms with Crippen LogP contribution in [0.2, 0.25) is 0 Å². The van der Waals surface area contributed by atoms with E-state index in [0.717, 1.165) is 63.8 Å². The van der Waals surface area contributed by atoms with Gasteiger partial charge in [0.05, 0.1) is 36.6 Å². The minimum absolute atomic E-state index is 0.309. The Morgan fingerprint density at radius 1 is 1.38 bits per heavy atom. The smallest absolute Gasteiger partial charge is 0.194 e. The molecule has 7 heteroatoms. The molecule has 6 nitrogen and oxygen atoms in total. The molecule has 0 aliphatic carbocycles. The molecule has 2 saturated heterocycles. The highest BCUT2D eigenvalue weighted by atomic mass is 32.1. The van der Waals surface area contributed by atoms with Crippen molar-refractivity contribution >= 4 is 17.3 Å². The van der Waals surface area contributed by atoms with Crippen molar-refractivity contribution < 1.29 is 9.47 Å². The number of ether oxygens (including phenoxy) is 2. The lowest BCUT2D eigenvalue weighted by atomic mass is 10.1. The zero-order valence-corrected chi connectivity index (χ0v) is 16.9. The minimum atomic E-state index is 0.309. The molecule has 3 heterocycles. The van der Waals surface area contributed by atoms with Gasteiger partial charge in [0.25, 0.3) is 0 Å². The second-order valence-corrected chi connectivity index (χ2v) is 7.98. The van der Waals surface area contributed by atoms with Gasteiger partial charge in [-0.3, -0.25) is 0 Å². The summed E-state index contributed by atoms with van der Waals surface area (Å²) in [6, 6.07) is 0. The quantitative estimate of drug-likeness (QED) is 0.607. The predicted octanol–water partition coefficient (Wildman–Crippen LogP) is 2.97. The third-order valence-corrected chi connectivity index (χ3v) is 6.01. The van der Waals surface area contributed by atoms with E-state index in [2.05, 4.69) is 22.1 Å². The molecule has 2 fully saturated rings. The van der Waals surface area contributed by atoms with Crippen molar-refractivity contribution in [2.75, 3.05) is 32.8 Å². The number of hydrogen-bond acceptors (Lipinski definition) is 5. The van der Waals surface area contributed by atoms with E-state index in [9.17, 15) is 0 Å². The standard InChI is InChI=1S/C19H32N4O2S/c1-3-20-19(21-12-18-15(2)22-14-26-18)23-9-7-16(8-10-23)25-13-17-6-4-5-11-24-17/h14,16-17H,3-13H2,1-2H3,(H,20,21). The molecule has 1 N–H and O–H groups in total. The van der Waals surface area contributed by atoms with Crippen LogP contribution in [0.3, 0.4) is 0 Å². The van der Waals surface area contributed by atoms with Crippen LogP contribution in [0.15, 0.2) is 10.5 Å². The number of aliphatic imine (C=N–C) groups is 1. The highest BCUT2D eigenvalue weighted by Crippen LogP contribution is 2.18. The molecule has 0 aromatic carbocycles. The Bertz CT molecular complexity index is 564. The molecule has 1 unspecified atom stereocenters. The third-order valence-electron chi connectivity index (χ3n) is 5.09. The van der Waals surface area contributed by atoms with Gasteiger partial charge >= 0.3 is 0 Å². The number of nitrogens with zero attached hydrogens (tertiary/aromatic N) is 3. The Hall–Kier alpha value is -1.18. The third kappa shape index (κ3) is 5.66. The summed E-state index contributed by atoms with van der Waals surface area (Å²) in [7, 11) is 0. The van der Waals surface area contributed by atoms with Crippen LogP contribution in [-0.2, 0) is 16.0 Å². The molecular formula is C19H32N4O2S. The fourth-order valence-electron chi connectivity index (χ4n) is 3.47. The van der Waals surface area contributed by atoms with Crippen molar-refractivity contribution in [1.82, 2.24) is 15.2 Å². The summed E-state index contributed by atoms with van der Waals surface area (Å²) in [5.41, 5.74) is 2.98. The zero-order chi connectivity index (χ0) is 18.2. The van der Waals surface area contributed by atoms with Crippen LogP contribution >= 0.6 is 11.3 Å². The van der Waals surface area contributed by atoms with E-state index in [1.807, 2.05) is 12.4 Å². The molecule has 1 atom stereocenters. The van der Waals surface area contributed by atoms with Gasteiger partial charge in [-0.15, -0.1) is 11.3 Å². The molecule has 146 valence electrons. The van der Waals surface area contributed by atoms with Crippen LogP contribution in [0.1, 0.15) is 49.6 Å². The fourth-order valence-corrected chi connectivity index (χ4v) is 4.17. The number of hydrogen-bond donors (Lipinski definition) is 1. The molecule has 2 aliphatic rings. The number of aryl methyl sites for hydroxylation is 1. The molecule has 0 spiro atoms. The number of rotatable bonds is 6. The number of thiazole rings is 1. The van der Waals surface area contributed by atoms with E-state index < -0.39 is 0 Å². The van der Waals surface area contributed by atoms with E-state index >= 15 is 0 Å². The monoisotopic (exact) mass is 380 g/mol. The Morgan fingerprint density at radius 2 is 2.23 bits per heavy atom. The first kappa shape index (κ1) is 19.6. The lowest BCUT2D eigenvalue weighted by Crippen LogP contribution is -2.47. The van der Waals surface area contributed by atoms with E-state index in [0.29, 0.717) is 18.8 Å². The summed E-state index contributed by atoms with van der Waals surface area (Å²) >= 11 is 1.68. The van der Waals surface area contributed by atoms with Crippen LogP contribution < -0.4 is 5.32 Å². The summed E-state index contributed by atoms with van der Waals surface area (Å²) in [5, 5.41) is 3.43. The molecule has 0 bridgehead atoms. The normalized spacial score (nSPS) is 22.6. The van der Waals surface area contributed by atoms with Crippen molar-refractivity contribution in [2.24, 2.45) is 4.99 Å². The molecule has 0 saturated carbocycles. The maximum absolute atomic E-state index is 6.13. The molecule has 3 rings (SSSR count). The van der Waals surface area contributed by atoms with Gasteiger partial charge in [0.1, 0.15) is 0 Å². The molecule has 1 aromatic rings. The van der Waals surface area contributed by atoms with E-state index in [-0.39, 0.29) is 0 Å². The molecule has 2 aliphatic heterocycles. The average molecular weight is 381 g/mol. The maximum Gasteiger partial charge on any atom is 0.194 e. The number of guanidine groups is 1. The maximum atomic E-state index is 6.13. The minimum Gasteiger partial charge on any atom is -0.376 e. The van der Waals surface area contributed by atoms with Gasteiger partial charge in [0.15, 0.2) is 5.96 Å². The van der Waals surface area contributed by atoms with Crippen LogP contribution in [0.4, 0.5) is 0 Å². The molecule has 26 heavy (non-hydrogen) atoms. The Kier molecular flexibility index (Phi) is 7.70. The van der Waals surface area contributed by atoms with Crippen molar-refractivity contribution in [3.63, 3.8) is 0 Å². The largest absolute Gasteiger partial charge is 0.376 e. The lowest BCUT2D eigenvalue weighted by molar-refractivity contribution is -0.0721. The summed E-state index contributed by atoms with van der Waals surface area (Å²) < 4.78 is 11.9. The van der Waals surface area contributed by atoms with Gasteiger partial charge < -0.3 is 19.7 Å². The molecular weight excluding hydrogens is 348 g/mol. The lowest BCUT2D eigenvalue weighted by Gasteiger charge is -2.35. The molecule has 1 aromatic heterocycles. The first-order chi connectivity index (χ1) is 12.8. The van der Waals surface area contributed by atoms with Gasteiger partial charge in [-0.1, -0.05) is 0 Å². The number of aromatic nitrogens is 1. The van der Waals surface area contributed by atoms with Crippen molar-refractivity contribution in [3.05, 3.63) is 16.1 Å². The number of nitrogens with one attached hydrogen (secondary N) is 1. The highest BCUT2D eigenvalue weighted by molar-refractivity contribution is 7.09. The van der Waals surface area contributed by atoms with Gasteiger partial charge in [-0.25, -0.2) is 9.98 Å². The Balaban J connectivity index is 1.45. The summed E-state index contributed by atoms with van der Waals surface area (Å²) in [4.78, 5) is 12.7. The van der Waals surface area contributed by atoms with Crippen molar-refractivity contribution in [3.8, 4) is 0 Å². The number of likely N-dealkylation sites (tertiary alicyclic amines) is 1. The van der Waals surface area contributed by atoms with E-state index in [1.54, 1.807) is 11.3 Å². The zero-order valence-electron chi connectivity index (χ0n) is 16.1. The average Bonchev–Trinajstić information content (AvgIpc) is 3.10. The summed E-state index contributed by atoms with van der Waals surface area (Å²) in [6.07, 6.45) is 6.38. The first-order valence-electron chi connectivity index (χ1n) is 9.91. The fraction of sp³-hybridized carbons (Fsp3) is 0.789. The SMILES string of the molecule is CCNC(=NCc1scnc1C)N1CCC(OCC2CCCCO2)CC1. The van der Waals surface area contributed by atoms with E-state index in [1.165, 1.54) is 17.7 Å². The van der Waals surface area contributed by atoms with Crippen molar-refractivity contribution in [1.29, 1.82) is 0 Å². The first-order valence-corrected chi connectivity index (χ1v) is 10.8. The molecule has 0 amide bonds. The molecule has 0 radical (unpaired) electrons. The van der Waals surface area contributed by atoms with Gasteiger partial charge in [-0.2, -0.15) is 0 Å². The van der Waals surface area contributed by atoms with Gasteiger partial charge in [0.2, 0.25) is 0 Å². The summed E-state index contributed by atoms with van der Waals surface area (Å²) in [6.45, 7) is 9.38. The van der Waals surface area contributed by atoms with Crippen LogP contribution in [0.25, 0.3) is 0 Å². The second kappa shape index (κ2) is 10.2. The Labute approximate surface area is 161 Å². The van der Waals surface area contributed by atoms with Crippen LogP contribution in [0, 0.1) is 6.92 Å². The highest BCUT2D eigenvalue weighted by Gasteiger charge is 2.23. The topological polar surface area (TPSA) is 59.0 Å². The summed E-state index contributed by atoms with van der Waals surface area (Å²) in [5.74, 6) is 1.01. The van der Waals surface area contributed by atoms with Gasteiger partial charge in [0, 0.05) is 31.1 Å². The number of piperidine rings is 1. The van der Waals surface area contributed by atoms with Gasteiger partial charge in [-0.05, 0) is 46.0 Å². The predicted molar refractivity (Wildman–Crippen MR) is 106 cm³/mol. The van der Waals surface area contributed by atoms with Crippen molar-refractivity contribution in [2.45, 2.75) is 64.7 Å². The van der Waals surface area contributed by atoms with E-state index in [4.69, 9.17) is 14.5 Å². The Morgan fingerprint density at radius 3 is 2.88 bits per heavy atom. The second-order valence-electron chi connectivity index (χ2n) is 7.04. The van der Waals surface area contributed by atoms with Crippen LogP contribution in [0.5, 0.6) is 0 Å².